The Morgan fingerprint density at radius 1 is 1.33 bits per heavy atom. The molecule has 0 aliphatic carbocycles. The molecule has 0 radical (unpaired) electrons. The lowest BCUT2D eigenvalue weighted by molar-refractivity contribution is 0.291. The zero-order valence-electron chi connectivity index (χ0n) is 10.9. The van der Waals surface area contributed by atoms with Gasteiger partial charge < -0.3 is 5.32 Å². The van der Waals surface area contributed by atoms with E-state index in [1.807, 2.05) is 0 Å². The summed E-state index contributed by atoms with van der Waals surface area (Å²) in [5, 5.41) is 3.83. The third-order valence-electron chi connectivity index (χ3n) is 4.42. The van der Waals surface area contributed by atoms with Crippen LogP contribution in [-0.2, 0) is 0 Å². The molecule has 0 bridgehead atoms. The third-order valence-corrected chi connectivity index (χ3v) is 4.91. The van der Waals surface area contributed by atoms with Crippen molar-refractivity contribution >= 4 is 15.9 Å². The van der Waals surface area contributed by atoms with E-state index in [9.17, 15) is 0 Å². The van der Waals surface area contributed by atoms with E-state index < -0.39 is 0 Å². The quantitative estimate of drug-likeness (QED) is 0.921. The normalized spacial score (nSPS) is 29.4. The van der Waals surface area contributed by atoms with Gasteiger partial charge in [0.15, 0.2) is 0 Å². The summed E-state index contributed by atoms with van der Waals surface area (Å²) in [4.78, 5) is 2.66. The Labute approximate surface area is 118 Å². The van der Waals surface area contributed by atoms with E-state index in [-0.39, 0.29) is 0 Å². The molecule has 0 spiro atoms. The molecule has 2 nitrogen and oxygen atoms in total. The molecule has 3 atom stereocenters. The van der Waals surface area contributed by atoms with Crippen molar-refractivity contribution in [2.24, 2.45) is 0 Å². The summed E-state index contributed by atoms with van der Waals surface area (Å²) >= 11 is 3.55. The molecule has 0 aromatic heterocycles. The van der Waals surface area contributed by atoms with Crippen LogP contribution in [0.4, 0.5) is 0 Å². The Morgan fingerprint density at radius 2 is 2.22 bits per heavy atom. The van der Waals surface area contributed by atoms with Gasteiger partial charge in [0, 0.05) is 29.1 Å². The van der Waals surface area contributed by atoms with Crippen LogP contribution in [0.3, 0.4) is 0 Å². The van der Waals surface area contributed by atoms with Gasteiger partial charge in [0.05, 0.1) is 0 Å². The molecule has 18 heavy (non-hydrogen) atoms. The second-order valence-corrected chi connectivity index (χ2v) is 6.50. The number of hydrogen-bond donors (Lipinski definition) is 1. The van der Waals surface area contributed by atoms with E-state index in [0.29, 0.717) is 12.1 Å². The highest BCUT2D eigenvalue weighted by Crippen LogP contribution is 2.29. The zero-order valence-corrected chi connectivity index (χ0v) is 12.5. The van der Waals surface area contributed by atoms with Gasteiger partial charge in [0.25, 0.3) is 0 Å². The summed E-state index contributed by atoms with van der Waals surface area (Å²) in [5.74, 6) is 0. The maximum atomic E-state index is 3.83. The molecular formula is C15H21BrN2. The number of nitrogens with one attached hydrogen (secondary N) is 1. The SMILES string of the molecule is C[C@H](NC1CCN2CCCC12)c1cccc(Br)c1. The monoisotopic (exact) mass is 308 g/mol. The topological polar surface area (TPSA) is 15.3 Å². The number of rotatable bonds is 3. The van der Waals surface area contributed by atoms with Crippen LogP contribution in [0.15, 0.2) is 28.7 Å². The van der Waals surface area contributed by atoms with Crippen molar-refractivity contribution < 1.29 is 0 Å². The van der Waals surface area contributed by atoms with Gasteiger partial charge in [0.2, 0.25) is 0 Å². The molecule has 0 amide bonds. The average molecular weight is 309 g/mol. The summed E-state index contributed by atoms with van der Waals surface area (Å²) in [6.45, 7) is 4.88. The molecule has 3 rings (SSSR count). The van der Waals surface area contributed by atoms with Crippen LogP contribution in [-0.4, -0.2) is 30.1 Å². The number of nitrogens with zero attached hydrogens (tertiary/aromatic N) is 1. The van der Waals surface area contributed by atoms with Crippen LogP contribution >= 0.6 is 15.9 Å². The van der Waals surface area contributed by atoms with Gasteiger partial charge in [0.1, 0.15) is 0 Å². The molecule has 2 aliphatic heterocycles. The van der Waals surface area contributed by atoms with E-state index in [2.05, 4.69) is 57.3 Å². The van der Waals surface area contributed by atoms with Crippen LogP contribution < -0.4 is 5.32 Å². The summed E-state index contributed by atoms with van der Waals surface area (Å²) < 4.78 is 1.17. The summed E-state index contributed by atoms with van der Waals surface area (Å²) in [6, 6.07) is 10.6. The van der Waals surface area contributed by atoms with Gasteiger partial charge in [-0.3, -0.25) is 4.90 Å². The number of fused-ring (bicyclic) bond motifs is 1. The minimum atomic E-state index is 0.438. The predicted octanol–water partition coefficient (Wildman–Crippen LogP) is 3.34. The lowest BCUT2D eigenvalue weighted by atomic mass is 10.0. The zero-order chi connectivity index (χ0) is 12.5. The van der Waals surface area contributed by atoms with Gasteiger partial charge in [-0.25, -0.2) is 0 Å². The Hall–Kier alpha value is -0.380. The molecule has 1 aromatic rings. The fraction of sp³-hybridized carbons (Fsp3) is 0.600. The van der Waals surface area contributed by atoms with Crippen molar-refractivity contribution in [3.05, 3.63) is 34.3 Å². The summed E-state index contributed by atoms with van der Waals surface area (Å²) in [5.41, 5.74) is 1.38. The van der Waals surface area contributed by atoms with Crippen LogP contribution in [0.2, 0.25) is 0 Å². The Kier molecular flexibility index (Phi) is 3.73. The maximum Gasteiger partial charge on any atom is 0.0295 e. The highest BCUT2D eigenvalue weighted by Gasteiger charge is 2.37. The molecule has 3 heteroatoms. The lowest BCUT2D eigenvalue weighted by Crippen LogP contribution is -2.40. The third kappa shape index (κ3) is 2.49. The van der Waals surface area contributed by atoms with Crippen molar-refractivity contribution in [3.8, 4) is 0 Å². The second kappa shape index (κ2) is 5.32. The first kappa shape index (κ1) is 12.6. The van der Waals surface area contributed by atoms with Crippen molar-refractivity contribution in [1.29, 1.82) is 0 Å². The van der Waals surface area contributed by atoms with Gasteiger partial charge in [-0.05, 0) is 50.4 Å². The first-order valence-electron chi connectivity index (χ1n) is 6.99. The Bertz CT molecular complexity index is 421. The van der Waals surface area contributed by atoms with E-state index in [1.165, 1.54) is 42.4 Å². The van der Waals surface area contributed by atoms with Crippen molar-refractivity contribution in [2.75, 3.05) is 13.1 Å². The Morgan fingerprint density at radius 3 is 3.06 bits per heavy atom. The van der Waals surface area contributed by atoms with Gasteiger partial charge >= 0.3 is 0 Å². The molecule has 2 saturated heterocycles. The fourth-order valence-electron chi connectivity index (χ4n) is 3.47. The minimum Gasteiger partial charge on any atom is -0.306 e. The molecular weight excluding hydrogens is 288 g/mol. The Balaban J connectivity index is 1.66. The van der Waals surface area contributed by atoms with E-state index >= 15 is 0 Å². The average Bonchev–Trinajstić information content (AvgIpc) is 2.94. The highest BCUT2D eigenvalue weighted by atomic mass is 79.9. The smallest absolute Gasteiger partial charge is 0.0295 e. The standard InChI is InChI=1S/C15H21BrN2/c1-11(12-4-2-5-13(16)10-12)17-14-7-9-18-8-3-6-15(14)18/h2,4-5,10-11,14-15,17H,3,6-9H2,1H3/t11-,14?,15?/m0/s1. The molecule has 1 aromatic carbocycles. The first-order valence-corrected chi connectivity index (χ1v) is 7.79. The molecule has 0 saturated carbocycles. The molecule has 2 aliphatic rings. The lowest BCUT2D eigenvalue weighted by Gasteiger charge is -2.25. The van der Waals surface area contributed by atoms with Crippen LogP contribution in [0.1, 0.15) is 37.8 Å². The minimum absolute atomic E-state index is 0.438. The molecule has 2 heterocycles. The van der Waals surface area contributed by atoms with Gasteiger partial charge in [-0.2, -0.15) is 0 Å². The molecule has 2 unspecified atom stereocenters. The van der Waals surface area contributed by atoms with Crippen molar-refractivity contribution in [2.45, 2.75) is 44.3 Å². The first-order chi connectivity index (χ1) is 8.74. The summed E-state index contributed by atoms with van der Waals surface area (Å²) in [6.07, 6.45) is 4.07. The number of halogens is 1. The van der Waals surface area contributed by atoms with Crippen molar-refractivity contribution in [1.82, 2.24) is 10.2 Å². The highest BCUT2D eigenvalue weighted by molar-refractivity contribution is 9.10. The molecule has 98 valence electrons. The largest absolute Gasteiger partial charge is 0.306 e. The van der Waals surface area contributed by atoms with Gasteiger partial charge in [-0.1, -0.05) is 28.1 Å². The number of hydrogen-bond acceptors (Lipinski definition) is 2. The van der Waals surface area contributed by atoms with E-state index in [4.69, 9.17) is 0 Å². The van der Waals surface area contributed by atoms with Crippen molar-refractivity contribution in [3.63, 3.8) is 0 Å². The summed E-state index contributed by atoms with van der Waals surface area (Å²) in [7, 11) is 0. The van der Waals surface area contributed by atoms with Crippen LogP contribution in [0, 0.1) is 0 Å². The van der Waals surface area contributed by atoms with E-state index in [1.54, 1.807) is 0 Å². The van der Waals surface area contributed by atoms with E-state index in [0.717, 1.165) is 6.04 Å². The predicted molar refractivity (Wildman–Crippen MR) is 78.7 cm³/mol. The maximum absolute atomic E-state index is 3.83. The fourth-order valence-corrected chi connectivity index (χ4v) is 3.89. The molecule has 2 fully saturated rings. The van der Waals surface area contributed by atoms with Gasteiger partial charge in [-0.15, -0.1) is 0 Å². The van der Waals surface area contributed by atoms with Crippen LogP contribution in [0.25, 0.3) is 0 Å². The van der Waals surface area contributed by atoms with Crippen LogP contribution in [0.5, 0.6) is 0 Å². The molecule has 1 N–H and O–H groups in total. The second-order valence-electron chi connectivity index (χ2n) is 5.58. The number of benzene rings is 1.